The highest BCUT2D eigenvalue weighted by molar-refractivity contribution is 6.10. The third-order valence-corrected chi connectivity index (χ3v) is 6.07. The number of nitrogens with zero attached hydrogens (tertiary/aromatic N) is 2. The Labute approximate surface area is 198 Å². The largest absolute Gasteiger partial charge is 0.480 e. The van der Waals surface area contributed by atoms with Crippen LogP contribution in [0.15, 0.2) is 72.9 Å². The number of carboxylic acids is 1. The van der Waals surface area contributed by atoms with Crippen molar-refractivity contribution in [1.82, 2.24) is 4.57 Å². The molecule has 4 aromatic rings. The molecule has 176 valence electrons. The van der Waals surface area contributed by atoms with Gasteiger partial charge in [0.1, 0.15) is 6.54 Å². The highest BCUT2D eigenvalue weighted by Gasteiger charge is 2.32. The van der Waals surface area contributed by atoms with Crippen LogP contribution in [0.4, 0.5) is 18.9 Å². The lowest BCUT2D eigenvalue weighted by molar-refractivity contribution is -0.138. The molecule has 1 aliphatic rings. The van der Waals surface area contributed by atoms with Gasteiger partial charge in [-0.05, 0) is 65.2 Å². The molecule has 1 aromatic heterocycles. The van der Waals surface area contributed by atoms with E-state index in [4.69, 9.17) is 5.11 Å². The first-order valence-electron chi connectivity index (χ1n) is 10.8. The van der Waals surface area contributed by atoms with Crippen molar-refractivity contribution in [3.63, 3.8) is 0 Å². The summed E-state index contributed by atoms with van der Waals surface area (Å²) in [5.74, 6) is -1.17. The summed E-state index contributed by atoms with van der Waals surface area (Å²) in [6, 6.07) is 17.5. The van der Waals surface area contributed by atoms with Crippen LogP contribution in [0.3, 0.4) is 0 Å². The van der Waals surface area contributed by atoms with Crippen LogP contribution in [0.5, 0.6) is 0 Å². The average Bonchev–Trinajstić information content (AvgIpc) is 3.37. The van der Waals surface area contributed by atoms with Gasteiger partial charge < -0.3 is 14.6 Å². The van der Waals surface area contributed by atoms with Gasteiger partial charge in [0, 0.05) is 28.4 Å². The minimum atomic E-state index is -4.43. The molecule has 3 aromatic carbocycles. The second-order valence-corrected chi connectivity index (χ2v) is 8.30. The molecule has 0 fully saturated rings. The Morgan fingerprint density at radius 3 is 2.49 bits per heavy atom. The lowest BCUT2D eigenvalue weighted by atomic mass is 10.0. The van der Waals surface area contributed by atoms with Crippen molar-refractivity contribution in [3.8, 4) is 0 Å². The molecule has 5 rings (SSSR count). The number of benzene rings is 3. The van der Waals surface area contributed by atoms with Crippen LogP contribution in [0.25, 0.3) is 23.1 Å². The molecule has 8 heteroatoms. The molecule has 0 radical (unpaired) electrons. The summed E-state index contributed by atoms with van der Waals surface area (Å²) in [5.41, 5.74) is 3.55. The maximum atomic E-state index is 13.0. The van der Waals surface area contributed by atoms with Crippen LogP contribution in [-0.4, -0.2) is 21.6 Å². The number of hydrogen-bond acceptors (Lipinski definition) is 2. The lowest BCUT2D eigenvalue weighted by Gasteiger charge is -2.17. The van der Waals surface area contributed by atoms with Crippen LogP contribution in [0, 0.1) is 0 Å². The maximum absolute atomic E-state index is 13.0. The quantitative estimate of drug-likeness (QED) is 0.356. The second kappa shape index (κ2) is 8.47. The van der Waals surface area contributed by atoms with Gasteiger partial charge in [0.05, 0.1) is 12.1 Å². The van der Waals surface area contributed by atoms with Crippen molar-refractivity contribution in [2.24, 2.45) is 0 Å². The Hall–Kier alpha value is -4.33. The molecule has 35 heavy (non-hydrogen) atoms. The van der Waals surface area contributed by atoms with E-state index in [0.29, 0.717) is 11.3 Å². The van der Waals surface area contributed by atoms with Gasteiger partial charge in [0.2, 0.25) is 0 Å². The van der Waals surface area contributed by atoms with Gasteiger partial charge in [0.25, 0.3) is 5.91 Å². The molecule has 0 spiro atoms. The van der Waals surface area contributed by atoms with Gasteiger partial charge in [-0.2, -0.15) is 13.2 Å². The Bertz CT molecular complexity index is 1480. The van der Waals surface area contributed by atoms with Crippen molar-refractivity contribution in [2.75, 3.05) is 4.90 Å². The summed E-state index contributed by atoms with van der Waals surface area (Å²) in [6.45, 7) is 0.148. The third kappa shape index (κ3) is 4.30. The number of carbonyl (C=O) groups excluding carboxylic acids is 1. The van der Waals surface area contributed by atoms with Crippen molar-refractivity contribution < 1.29 is 27.9 Å². The number of carbonyl (C=O) groups is 2. The maximum Gasteiger partial charge on any atom is 0.416 e. The summed E-state index contributed by atoms with van der Waals surface area (Å²) in [6.07, 6.45) is 1.11. The number of carboxylic acid groups (broad SMARTS) is 1. The summed E-state index contributed by atoms with van der Waals surface area (Å²) >= 11 is 0. The Kier molecular flexibility index (Phi) is 5.43. The first-order chi connectivity index (χ1) is 16.7. The predicted molar refractivity (Wildman–Crippen MR) is 127 cm³/mol. The van der Waals surface area contributed by atoms with Crippen LogP contribution in [0.2, 0.25) is 0 Å². The standard InChI is InChI=1S/C27H19F3N2O3/c28-27(29,30)20-7-9-21(10-8-20)32-15-23-18(2-1-3-22(23)26(32)35)6-4-17-5-11-24-19(14-17)12-13-31(24)16-25(33)34/h1-14H,15-16H2,(H,33,34)/b6-4+. The number of hydrogen-bond donors (Lipinski definition) is 1. The number of halogens is 3. The molecular weight excluding hydrogens is 457 g/mol. The van der Waals surface area contributed by atoms with Crippen LogP contribution in [-0.2, 0) is 24.1 Å². The molecule has 0 saturated carbocycles. The Morgan fingerprint density at radius 1 is 1.00 bits per heavy atom. The topological polar surface area (TPSA) is 62.5 Å². The number of amides is 1. The van der Waals surface area contributed by atoms with Crippen molar-refractivity contribution in [2.45, 2.75) is 19.3 Å². The van der Waals surface area contributed by atoms with Crippen LogP contribution < -0.4 is 4.90 Å². The fourth-order valence-electron chi connectivity index (χ4n) is 4.34. The predicted octanol–water partition coefficient (Wildman–Crippen LogP) is 6.08. The van der Waals surface area contributed by atoms with E-state index in [-0.39, 0.29) is 19.0 Å². The second-order valence-electron chi connectivity index (χ2n) is 8.30. The minimum absolute atomic E-state index is 0.113. The molecule has 1 aliphatic heterocycles. The Morgan fingerprint density at radius 2 is 1.77 bits per heavy atom. The number of rotatable bonds is 5. The number of fused-ring (bicyclic) bond motifs is 2. The third-order valence-electron chi connectivity index (χ3n) is 6.07. The van der Waals surface area contributed by atoms with Crippen LogP contribution >= 0.6 is 0 Å². The van der Waals surface area contributed by atoms with Crippen molar-refractivity contribution in [1.29, 1.82) is 0 Å². The van der Waals surface area contributed by atoms with Crippen molar-refractivity contribution in [3.05, 3.63) is 101 Å². The van der Waals surface area contributed by atoms with Crippen LogP contribution in [0.1, 0.15) is 32.6 Å². The molecular formula is C27H19F3N2O3. The van der Waals surface area contributed by atoms with E-state index in [9.17, 15) is 22.8 Å². The molecule has 1 N–H and O–H groups in total. The summed E-state index contributed by atoms with van der Waals surface area (Å²) in [4.78, 5) is 25.5. The number of alkyl halides is 3. The minimum Gasteiger partial charge on any atom is -0.480 e. The van der Waals surface area contributed by atoms with E-state index < -0.39 is 17.7 Å². The summed E-state index contributed by atoms with van der Waals surface area (Å²) < 4.78 is 40.3. The van der Waals surface area contributed by atoms with Gasteiger partial charge >= 0.3 is 12.1 Å². The van der Waals surface area contributed by atoms with E-state index in [1.165, 1.54) is 17.0 Å². The molecule has 0 saturated heterocycles. The van der Waals surface area contributed by atoms with Crippen molar-refractivity contribution >= 4 is 40.6 Å². The monoisotopic (exact) mass is 476 g/mol. The zero-order chi connectivity index (χ0) is 24.7. The molecule has 5 nitrogen and oxygen atoms in total. The summed E-state index contributed by atoms with van der Waals surface area (Å²) in [5, 5.41) is 9.95. The normalized spacial score (nSPS) is 13.7. The Balaban J connectivity index is 1.40. The summed E-state index contributed by atoms with van der Waals surface area (Å²) in [7, 11) is 0. The van der Waals surface area contributed by atoms with Gasteiger partial charge in [-0.3, -0.25) is 9.59 Å². The van der Waals surface area contributed by atoms with E-state index in [2.05, 4.69) is 0 Å². The highest BCUT2D eigenvalue weighted by atomic mass is 19.4. The lowest BCUT2D eigenvalue weighted by Crippen LogP contribution is -2.23. The van der Waals surface area contributed by atoms with Gasteiger partial charge in [-0.15, -0.1) is 0 Å². The fourth-order valence-corrected chi connectivity index (χ4v) is 4.34. The molecule has 0 atom stereocenters. The van der Waals surface area contributed by atoms with Gasteiger partial charge in [0.15, 0.2) is 0 Å². The van der Waals surface area contributed by atoms with Gasteiger partial charge in [-0.1, -0.05) is 30.4 Å². The van der Waals surface area contributed by atoms with E-state index in [0.717, 1.165) is 39.7 Å². The van der Waals surface area contributed by atoms with E-state index >= 15 is 0 Å². The van der Waals surface area contributed by atoms with Gasteiger partial charge in [-0.25, -0.2) is 0 Å². The number of aliphatic carboxylic acids is 1. The zero-order valence-electron chi connectivity index (χ0n) is 18.3. The number of aromatic nitrogens is 1. The average molecular weight is 476 g/mol. The SMILES string of the molecule is O=C(O)Cn1ccc2cc(/C=C/c3cccc4c3CN(c3ccc(C(F)(F)F)cc3)C4=O)ccc21. The van der Waals surface area contributed by atoms with E-state index in [1.807, 2.05) is 42.5 Å². The fraction of sp³-hybridized carbons (Fsp3) is 0.111. The molecule has 2 heterocycles. The highest BCUT2D eigenvalue weighted by Crippen LogP contribution is 2.34. The first-order valence-corrected chi connectivity index (χ1v) is 10.8. The van der Waals surface area contributed by atoms with E-state index in [1.54, 1.807) is 22.9 Å². The molecule has 0 aliphatic carbocycles. The zero-order valence-corrected chi connectivity index (χ0v) is 18.3. The smallest absolute Gasteiger partial charge is 0.416 e. The molecule has 0 bridgehead atoms. The molecule has 0 unspecified atom stereocenters. The number of anilines is 1. The first kappa shape index (κ1) is 22.5. The molecule has 1 amide bonds.